The Labute approximate surface area is 280 Å². The molecule has 0 unspecified atom stereocenters. The first-order valence-corrected chi connectivity index (χ1v) is 15.9. The molecule has 1 saturated carbocycles. The zero-order valence-corrected chi connectivity index (χ0v) is 27.1. The van der Waals surface area contributed by atoms with Gasteiger partial charge in [-0.25, -0.2) is 4.39 Å². The standard InChI is InChI=1S/C12H14ClN3.C10H12ClN3.C10H9F4N3/c13-10-7-9(8-1-2-8)3-4-11(10)16-12-14-5-6-15-12;1-7-3-2-4-8(9(7)11)14-10-12-5-6-13-10;11-7-3-1-2-6(10(12,13)14)8(7)17-9-15-4-5-16-9/h3-4,7-8H,1-2,5-6H2,(H2,14,15,16);2-4H,5-6H2,1H3,(H2,12,13,14);1-3H,4-5H2,(H2,15,16,17). The molecule has 7 rings (SSSR count). The van der Waals surface area contributed by atoms with Crippen molar-refractivity contribution in [3.63, 3.8) is 0 Å². The van der Waals surface area contributed by atoms with Crippen LogP contribution < -0.4 is 31.9 Å². The quantitative estimate of drug-likeness (QED) is 0.168. The van der Waals surface area contributed by atoms with E-state index in [0.717, 1.165) is 89.2 Å². The Morgan fingerprint density at radius 1 is 0.745 bits per heavy atom. The summed E-state index contributed by atoms with van der Waals surface area (Å²) in [4.78, 5) is 12.4. The first kappa shape index (κ1) is 34.1. The van der Waals surface area contributed by atoms with Crippen LogP contribution in [0.2, 0.25) is 10.0 Å². The molecule has 0 saturated heterocycles. The Balaban J connectivity index is 0.000000139. The summed E-state index contributed by atoms with van der Waals surface area (Å²) in [5.74, 6) is 1.56. The van der Waals surface area contributed by atoms with E-state index in [1.807, 2.05) is 31.2 Å². The van der Waals surface area contributed by atoms with Crippen molar-refractivity contribution < 1.29 is 17.6 Å². The predicted octanol–water partition coefficient (Wildman–Crippen LogP) is 6.82. The number of halogens is 6. The van der Waals surface area contributed by atoms with E-state index >= 15 is 0 Å². The highest BCUT2D eigenvalue weighted by Gasteiger charge is 2.35. The highest BCUT2D eigenvalue weighted by Crippen LogP contribution is 2.42. The molecular weight excluding hydrogens is 657 g/mol. The molecule has 1 fully saturated rings. The van der Waals surface area contributed by atoms with Crippen molar-refractivity contribution in [2.45, 2.75) is 31.9 Å². The number of guanidine groups is 3. The Morgan fingerprint density at radius 3 is 1.85 bits per heavy atom. The van der Waals surface area contributed by atoms with Crippen LogP contribution in [0, 0.1) is 12.7 Å². The molecule has 3 aromatic carbocycles. The van der Waals surface area contributed by atoms with Crippen LogP contribution >= 0.6 is 23.2 Å². The minimum Gasteiger partial charge on any atom is -0.354 e. The van der Waals surface area contributed by atoms with E-state index in [2.05, 4.69) is 59.0 Å². The topological polar surface area (TPSA) is 109 Å². The molecule has 0 atom stereocenters. The molecule has 0 aromatic heterocycles. The fourth-order valence-electron chi connectivity index (χ4n) is 4.75. The van der Waals surface area contributed by atoms with Gasteiger partial charge in [-0.2, -0.15) is 13.2 Å². The van der Waals surface area contributed by atoms with Crippen molar-refractivity contribution in [1.29, 1.82) is 0 Å². The van der Waals surface area contributed by atoms with E-state index in [1.54, 1.807) is 0 Å². The number of anilines is 3. The summed E-state index contributed by atoms with van der Waals surface area (Å²) in [6.45, 7) is 6.42. The lowest BCUT2D eigenvalue weighted by Crippen LogP contribution is -2.28. The Hall–Kier alpha value is -4.23. The minimum absolute atomic E-state index is 0.153. The molecule has 4 aliphatic rings. The lowest BCUT2D eigenvalue weighted by molar-refractivity contribution is -0.137. The molecule has 47 heavy (non-hydrogen) atoms. The molecular formula is C32H35Cl2F4N9. The fourth-order valence-corrected chi connectivity index (χ4v) is 5.16. The van der Waals surface area contributed by atoms with Crippen molar-refractivity contribution in [2.24, 2.45) is 15.0 Å². The van der Waals surface area contributed by atoms with E-state index in [9.17, 15) is 17.6 Å². The highest BCUT2D eigenvalue weighted by molar-refractivity contribution is 6.34. The summed E-state index contributed by atoms with van der Waals surface area (Å²) < 4.78 is 51.3. The van der Waals surface area contributed by atoms with Gasteiger partial charge in [0.15, 0.2) is 17.9 Å². The van der Waals surface area contributed by atoms with E-state index in [-0.39, 0.29) is 5.96 Å². The van der Waals surface area contributed by atoms with Crippen LogP contribution in [0.15, 0.2) is 69.6 Å². The number of rotatable bonds is 4. The summed E-state index contributed by atoms with van der Waals surface area (Å²) in [5, 5.41) is 19.2. The molecule has 3 aliphatic heterocycles. The summed E-state index contributed by atoms with van der Waals surface area (Å²) in [6, 6.07) is 15.0. The first-order chi connectivity index (χ1) is 22.6. The third kappa shape index (κ3) is 9.64. The summed E-state index contributed by atoms with van der Waals surface area (Å²) >= 11 is 12.4. The van der Waals surface area contributed by atoms with E-state index in [4.69, 9.17) is 23.2 Å². The molecule has 1 aliphatic carbocycles. The van der Waals surface area contributed by atoms with Crippen molar-refractivity contribution >= 4 is 58.1 Å². The average molecular weight is 693 g/mol. The lowest BCUT2D eigenvalue weighted by Gasteiger charge is -2.15. The first-order valence-electron chi connectivity index (χ1n) is 15.1. The summed E-state index contributed by atoms with van der Waals surface area (Å²) in [5.41, 5.74) is 2.60. The van der Waals surface area contributed by atoms with Gasteiger partial charge in [-0.3, -0.25) is 15.0 Å². The number of aliphatic imine (C=N–C) groups is 3. The number of benzene rings is 3. The van der Waals surface area contributed by atoms with Crippen LogP contribution in [0.4, 0.5) is 34.6 Å². The van der Waals surface area contributed by atoms with Gasteiger partial charge in [0.25, 0.3) is 0 Å². The number of alkyl halides is 3. The summed E-state index contributed by atoms with van der Waals surface area (Å²) in [7, 11) is 0. The fraction of sp³-hybridized carbons (Fsp3) is 0.344. The van der Waals surface area contributed by atoms with E-state index in [0.29, 0.717) is 13.1 Å². The normalized spacial score (nSPS) is 16.5. The van der Waals surface area contributed by atoms with Crippen molar-refractivity contribution in [2.75, 3.05) is 55.2 Å². The second-order valence-corrected chi connectivity index (χ2v) is 11.7. The number of nitrogens with zero attached hydrogens (tertiary/aromatic N) is 3. The van der Waals surface area contributed by atoms with Gasteiger partial charge in [0.2, 0.25) is 0 Å². The second kappa shape index (κ2) is 15.6. The Kier molecular flexibility index (Phi) is 11.3. The van der Waals surface area contributed by atoms with Crippen LogP contribution in [0.25, 0.3) is 0 Å². The third-order valence-corrected chi connectivity index (χ3v) is 8.14. The smallest absolute Gasteiger partial charge is 0.354 e. The van der Waals surface area contributed by atoms with Gasteiger partial charge < -0.3 is 31.9 Å². The highest BCUT2D eigenvalue weighted by atomic mass is 35.5. The SMILES string of the molecule is Cc1cccc(NC2=NCCN2)c1Cl.Clc1cc(C2CC2)ccc1NC1=NCCN1.Fc1cccc(C(F)(F)F)c1NC1=NCCN1. The molecule has 0 amide bonds. The molecule has 0 radical (unpaired) electrons. The zero-order valence-electron chi connectivity index (χ0n) is 25.5. The van der Waals surface area contributed by atoms with Gasteiger partial charge in [-0.05, 0) is 67.1 Å². The van der Waals surface area contributed by atoms with Crippen LogP contribution in [0.5, 0.6) is 0 Å². The number of hydrogen-bond donors (Lipinski definition) is 6. The molecule has 0 bridgehead atoms. The number of aryl methyl sites for hydroxylation is 1. The van der Waals surface area contributed by atoms with E-state index < -0.39 is 23.2 Å². The molecule has 3 heterocycles. The van der Waals surface area contributed by atoms with Crippen LogP contribution in [0.3, 0.4) is 0 Å². The third-order valence-electron chi connectivity index (χ3n) is 7.32. The molecule has 3 aromatic rings. The maximum atomic E-state index is 13.4. The Bertz CT molecular complexity index is 1660. The van der Waals surface area contributed by atoms with Gasteiger partial charge in [-0.1, -0.05) is 47.5 Å². The number of hydrogen-bond acceptors (Lipinski definition) is 9. The van der Waals surface area contributed by atoms with E-state index in [1.165, 1.54) is 18.4 Å². The van der Waals surface area contributed by atoms with Gasteiger partial charge in [-0.15, -0.1) is 0 Å². The Morgan fingerprint density at radius 2 is 1.32 bits per heavy atom. The summed E-state index contributed by atoms with van der Waals surface area (Å²) in [6.07, 6.45) is -2.00. The van der Waals surface area contributed by atoms with Crippen molar-refractivity contribution in [1.82, 2.24) is 16.0 Å². The maximum Gasteiger partial charge on any atom is 0.418 e. The van der Waals surface area contributed by atoms with Crippen LogP contribution in [0.1, 0.15) is 35.4 Å². The van der Waals surface area contributed by atoms with Gasteiger partial charge in [0.05, 0.1) is 52.3 Å². The molecule has 250 valence electrons. The second-order valence-electron chi connectivity index (χ2n) is 11.0. The van der Waals surface area contributed by atoms with Crippen molar-refractivity contribution in [3.05, 3.63) is 87.2 Å². The monoisotopic (exact) mass is 691 g/mol. The largest absolute Gasteiger partial charge is 0.418 e. The van der Waals surface area contributed by atoms with Crippen LogP contribution in [-0.2, 0) is 6.18 Å². The lowest BCUT2D eigenvalue weighted by atomic mass is 10.1. The number of nitrogens with one attached hydrogen (secondary N) is 6. The predicted molar refractivity (Wildman–Crippen MR) is 183 cm³/mol. The minimum atomic E-state index is -4.61. The van der Waals surface area contributed by atoms with Gasteiger partial charge >= 0.3 is 6.18 Å². The number of para-hydroxylation sites is 1. The van der Waals surface area contributed by atoms with Gasteiger partial charge in [0, 0.05) is 19.6 Å². The van der Waals surface area contributed by atoms with Crippen LogP contribution in [-0.4, -0.2) is 57.1 Å². The molecule has 0 spiro atoms. The average Bonchev–Trinajstić information content (AvgIpc) is 3.39. The zero-order chi connectivity index (χ0) is 33.4. The van der Waals surface area contributed by atoms with Crippen molar-refractivity contribution in [3.8, 4) is 0 Å². The molecule has 15 heteroatoms. The maximum absolute atomic E-state index is 13.4. The van der Waals surface area contributed by atoms with Gasteiger partial charge in [0.1, 0.15) is 5.82 Å². The molecule has 6 N–H and O–H groups in total. The molecule has 9 nitrogen and oxygen atoms in total.